The quantitative estimate of drug-likeness (QED) is 0.515. The Morgan fingerprint density at radius 1 is 1.46 bits per heavy atom. The first-order chi connectivity index (χ1) is 5.93. The second-order valence-electron chi connectivity index (χ2n) is 2.32. The zero-order valence-corrected chi connectivity index (χ0v) is 7.03. The van der Waals surface area contributed by atoms with Crippen LogP contribution >= 0.6 is 0 Å². The van der Waals surface area contributed by atoms with Crippen molar-refractivity contribution in [2.75, 3.05) is 13.3 Å². The number of alkyl halides is 4. The van der Waals surface area contributed by atoms with Crippen LogP contribution in [0.15, 0.2) is 0 Å². The Hall–Kier alpha value is -0.810. The average Bonchev–Trinajstić information content (AvgIpc) is 1.98. The van der Waals surface area contributed by atoms with Gasteiger partial charge >= 0.3 is 12.1 Å². The van der Waals surface area contributed by atoms with Gasteiger partial charge in [-0.25, -0.2) is 0 Å². The van der Waals surface area contributed by atoms with Gasteiger partial charge in [-0.1, -0.05) is 0 Å². The molecule has 0 aliphatic heterocycles. The molecule has 0 aliphatic rings. The lowest BCUT2D eigenvalue weighted by Crippen LogP contribution is -2.32. The molecule has 0 N–H and O–H groups in total. The fourth-order valence-electron chi connectivity index (χ4n) is 0.767. The van der Waals surface area contributed by atoms with Gasteiger partial charge in [0.15, 0.2) is 5.92 Å². The van der Waals surface area contributed by atoms with Crippen molar-refractivity contribution in [3.05, 3.63) is 0 Å². The molecule has 1 atom stereocenters. The summed E-state index contributed by atoms with van der Waals surface area (Å²) in [5.41, 5.74) is 0. The van der Waals surface area contributed by atoms with Crippen LogP contribution in [-0.4, -0.2) is 25.4 Å². The number of esters is 1. The topological polar surface area (TPSA) is 26.3 Å². The summed E-state index contributed by atoms with van der Waals surface area (Å²) in [6, 6.07) is 0. The van der Waals surface area contributed by atoms with Gasteiger partial charge in [0, 0.05) is 0 Å². The van der Waals surface area contributed by atoms with Crippen LogP contribution in [0.5, 0.6) is 0 Å². The molecule has 0 aromatic rings. The van der Waals surface area contributed by atoms with E-state index in [1.807, 2.05) is 0 Å². The second kappa shape index (κ2) is 5.04. The Balaban J connectivity index is 4.33. The van der Waals surface area contributed by atoms with Crippen LogP contribution in [0.3, 0.4) is 0 Å². The average molecular weight is 202 g/mol. The van der Waals surface area contributed by atoms with Gasteiger partial charge in [0.05, 0.1) is 13.3 Å². The highest BCUT2D eigenvalue weighted by atomic mass is 19.4. The molecular formula is C7H10F4O2. The minimum Gasteiger partial charge on any atom is -0.466 e. The highest BCUT2D eigenvalue weighted by Gasteiger charge is 2.45. The van der Waals surface area contributed by atoms with E-state index in [1.165, 1.54) is 6.92 Å². The van der Waals surface area contributed by atoms with Crippen LogP contribution in [0, 0.1) is 5.92 Å². The molecule has 0 saturated heterocycles. The van der Waals surface area contributed by atoms with Crippen molar-refractivity contribution in [1.82, 2.24) is 0 Å². The van der Waals surface area contributed by atoms with Gasteiger partial charge in [0.25, 0.3) is 0 Å². The highest BCUT2D eigenvalue weighted by molar-refractivity contribution is 5.73. The largest absolute Gasteiger partial charge is 0.466 e. The summed E-state index contributed by atoms with van der Waals surface area (Å²) in [7, 11) is 0. The first-order valence-corrected chi connectivity index (χ1v) is 3.72. The predicted octanol–water partition coefficient (Wildman–Crippen LogP) is 2.09. The maximum atomic E-state index is 12.0. The monoisotopic (exact) mass is 202 g/mol. The summed E-state index contributed by atoms with van der Waals surface area (Å²) < 4.78 is 51.9. The molecule has 0 fully saturated rings. The molecule has 0 aromatic heterocycles. The van der Waals surface area contributed by atoms with E-state index in [2.05, 4.69) is 4.74 Å². The number of hydrogen-bond acceptors (Lipinski definition) is 2. The number of hydrogen-bond donors (Lipinski definition) is 0. The molecule has 1 unspecified atom stereocenters. The van der Waals surface area contributed by atoms with E-state index >= 15 is 0 Å². The Labute approximate surface area is 72.9 Å². The van der Waals surface area contributed by atoms with Crippen molar-refractivity contribution in [1.29, 1.82) is 0 Å². The lowest BCUT2D eigenvalue weighted by Gasteiger charge is -2.16. The number of halogens is 4. The SMILES string of the molecule is CCOC(=O)C(CCF)C(F)(F)F. The third-order valence-electron chi connectivity index (χ3n) is 1.36. The van der Waals surface area contributed by atoms with E-state index in [-0.39, 0.29) is 6.61 Å². The number of carbonyl (C=O) groups is 1. The zero-order valence-electron chi connectivity index (χ0n) is 7.03. The Kier molecular flexibility index (Phi) is 4.72. The highest BCUT2D eigenvalue weighted by Crippen LogP contribution is 2.29. The molecule has 2 nitrogen and oxygen atoms in total. The second-order valence-corrected chi connectivity index (χ2v) is 2.32. The fourth-order valence-corrected chi connectivity index (χ4v) is 0.767. The van der Waals surface area contributed by atoms with Crippen LogP contribution < -0.4 is 0 Å². The minimum absolute atomic E-state index is 0.141. The molecule has 0 aromatic carbocycles. The van der Waals surface area contributed by atoms with Crippen LogP contribution in [0.1, 0.15) is 13.3 Å². The van der Waals surface area contributed by atoms with Gasteiger partial charge in [0.1, 0.15) is 0 Å². The summed E-state index contributed by atoms with van der Waals surface area (Å²) in [4.78, 5) is 10.7. The normalized spacial score (nSPS) is 13.9. The van der Waals surface area contributed by atoms with Gasteiger partial charge in [-0.05, 0) is 13.3 Å². The van der Waals surface area contributed by atoms with Crippen molar-refractivity contribution in [2.24, 2.45) is 5.92 Å². The molecule has 6 heteroatoms. The minimum atomic E-state index is -4.72. The van der Waals surface area contributed by atoms with Crippen molar-refractivity contribution < 1.29 is 27.1 Å². The predicted molar refractivity (Wildman–Crippen MR) is 36.8 cm³/mol. The van der Waals surface area contributed by atoms with E-state index in [9.17, 15) is 22.4 Å². The number of rotatable bonds is 4. The molecule has 0 radical (unpaired) electrons. The molecule has 0 heterocycles. The molecule has 0 amide bonds. The van der Waals surface area contributed by atoms with E-state index in [0.717, 1.165) is 0 Å². The van der Waals surface area contributed by atoms with Crippen LogP contribution in [0.2, 0.25) is 0 Å². The van der Waals surface area contributed by atoms with Gasteiger partial charge < -0.3 is 4.74 Å². The summed E-state index contributed by atoms with van der Waals surface area (Å²) in [5.74, 6) is -3.75. The number of ether oxygens (including phenoxy) is 1. The molecule has 0 rings (SSSR count). The van der Waals surface area contributed by atoms with Gasteiger partial charge in [-0.3, -0.25) is 9.18 Å². The molecule has 0 bridgehead atoms. The van der Waals surface area contributed by atoms with Gasteiger partial charge in [-0.15, -0.1) is 0 Å². The summed E-state index contributed by atoms with van der Waals surface area (Å²) in [5, 5.41) is 0. The molecule has 78 valence electrons. The summed E-state index contributed by atoms with van der Waals surface area (Å²) >= 11 is 0. The van der Waals surface area contributed by atoms with E-state index < -0.39 is 31.2 Å². The molecule has 0 saturated carbocycles. The van der Waals surface area contributed by atoms with E-state index in [0.29, 0.717) is 0 Å². The summed E-state index contributed by atoms with van der Waals surface area (Å²) in [6.07, 6.45) is -5.60. The standard InChI is InChI=1S/C7H10F4O2/c1-2-13-6(12)5(3-4-8)7(9,10)11/h5H,2-4H2,1H3. The first kappa shape index (κ1) is 12.2. The first-order valence-electron chi connectivity index (χ1n) is 3.72. The summed E-state index contributed by atoms with van der Waals surface area (Å²) in [6.45, 7) is 0.0570. The molecule has 0 spiro atoms. The molecule has 13 heavy (non-hydrogen) atoms. The van der Waals surface area contributed by atoms with Crippen molar-refractivity contribution in [3.8, 4) is 0 Å². The van der Waals surface area contributed by atoms with Crippen LogP contribution in [0.4, 0.5) is 17.6 Å². The van der Waals surface area contributed by atoms with Crippen LogP contribution in [0.25, 0.3) is 0 Å². The maximum Gasteiger partial charge on any atom is 0.402 e. The van der Waals surface area contributed by atoms with Crippen molar-refractivity contribution in [2.45, 2.75) is 19.5 Å². The van der Waals surface area contributed by atoms with Crippen LogP contribution in [-0.2, 0) is 9.53 Å². The third-order valence-corrected chi connectivity index (χ3v) is 1.36. The van der Waals surface area contributed by atoms with E-state index in [1.54, 1.807) is 0 Å². The molecule has 0 aliphatic carbocycles. The molecular weight excluding hydrogens is 192 g/mol. The lowest BCUT2D eigenvalue weighted by molar-refractivity contribution is -0.199. The van der Waals surface area contributed by atoms with Crippen molar-refractivity contribution >= 4 is 5.97 Å². The lowest BCUT2D eigenvalue weighted by atomic mass is 10.1. The Morgan fingerprint density at radius 3 is 2.31 bits per heavy atom. The maximum absolute atomic E-state index is 12.0. The smallest absolute Gasteiger partial charge is 0.402 e. The van der Waals surface area contributed by atoms with E-state index in [4.69, 9.17) is 0 Å². The van der Waals surface area contributed by atoms with Gasteiger partial charge in [-0.2, -0.15) is 13.2 Å². The third kappa shape index (κ3) is 4.10. The van der Waals surface area contributed by atoms with Gasteiger partial charge in [0.2, 0.25) is 0 Å². The zero-order chi connectivity index (χ0) is 10.5. The number of carbonyl (C=O) groups excluding carboxylic acids is 1. The van der Waals surface area contributed by atoms with Crippen molar-refractivity contribution in [3.63, 3.8) is 0 Å². The fraction of sp³-hybridized carbons (Fsp3) is 0.857. The Bertz CT molecular complexity index is 166. The Morgan fingerprint density at radius 2 is 2.00 bits per heavy atom.